The molecule has 3 aromatic rings. The highest BCUT2D eigenvalue weighted by Gasteiger charge is 2.26. The summed E-state index contributed by atoms with van der Waals surface area (Å²) in [6.45, 7) is 0.160. The van der Waals surface area contributed by atoms with Gasteiger partial charge in [-0.3, -0.25) is 9.59 Å². The lowest BCUT2D eigenvalue weighted by Gasteiger charge is -2.29. The summed E-state index contributed by atoms with van der Waals surface area (Å²) in [4.78, 5) is 26.2. The van der Waals surface area contributed by atoms with E-state index in [-0.39, 0.29) is 43.0 Å². The van der Waals surface area contributed by atoms with Gasteiger partial charge in [-0.2, -0.15) is 0 Å². The fourth-order valence-corrected chi connectivity index (χ4v) is 3.22. The number of carbonyl (C=O) groups is 2. The molecule has 0 bridgehead atoms. The normalized spacial score (nSPS) is 12.9. The van der Waals surface area contributed by atoms with Crippen molar-refractivity contribution in [3.63, 3.8) is 0 Å². The minimum Gasteiger partial charge on any atom is -0.481 e. The van der Waals surface area contributed by atoms with Crippen molar-refractivity contribution in [2.75, 3.05) is 16.8 Å². The smallest absolute Gasteiger partial charge is 0.265 e. The molecule has 1 N–H and O–H groups in total. The summed E-state index contributed by atoms with van der Waals surface area (Å²) in [5.74, 6) is -0.688. The molecule has 1 heterocycles. The van der Waals surface area contributed by atoms with Crippen LogP contribution in [0.15, 0.2) is 66.7 Å². The number of halogens is 2. The van der Waals surface area contributed by atoms with Crippen LogP contribution >= 0.6 is 0 Å². The number of rotatable bonds is 5. The first-order chi connectivity index (χ1) is 14.5. The van der Waals surface area contributed by atoms with E-state index >= 15 is 0 Å². The first-order valence-corrected chi connectivity index (χ1v) is 9.34. The van der Waals surface area contributed by atoms with Gasteiger partial charge < -0.3 is 15.0 Å². The van der Waals surface area contributed by atoms with Crippen molar-refractivity contribution in [1.82, 2.24) is 0 Å². The molecule has 0 atom stereocenters. The van der Waals surface area contributed by atoms with Gasteiger partial charge >= 0.3 is 0 Å². The maximum atomic E-state index is 13.1. The molecule has 0 aliphatic carbocycles. The number of fused-ring (bicyclic) bond motifs is 1. The van der Waals surface area contributed by atoms with Gasteiger partial charge in [0.1, 0.15) is 17.4 Å². The molecule has 0 saturated heterocycles. The Kier molecular flexibility index (Phi) is 5.43. The van der Waals surface area contributed by atoms with Gasteiger partial charge in [-0.15, -0.1) is 0 Å². The summed E-state index contributed by atoms with van der Waals surface area (Å²) in [6, 6.07) is 16.7. The second-order valence-electron chi connectivity index (χ2n) is 6.93. The molecular formula is C23H18F2N2O3. The zero-order valence-corrected chi connectivity index (χ0v) is 15.9. The van der Waals surface area contributed by atoms with Crippen LogP contribution in [0.25, 0.3) is 0 Å². The van der Waals surface area contributed by atoms with E-state index in [1.807, 2.05) is 0 Å². The summed E-state index contributed by atoms with van der Waals surface area (Å²) < 4.78 is 31.7. The van der Waals surface area contributed by atoms with E-state index in [4.69, 9.17) is 4.74 Å². The Bertz CT molecular complexity index is 1080. The van der Waals surface area contributed by atoms with Crippen LogP contribution in [-0.4, -0.2) is 18.4 Å². The van der Waals surface area contributed by atoms with Crippen molar-refractivity contribution < 1.29 is 23.1 Å². The third kappa shape index (κ3) is 4.46. The first-order valence-electron chi connectivity index (χ1n) is 9.34. The highest BCUT2D eigenvalue weighted by atomic mass is 19.1. The van der Waals surface area contributed by atoms with Gasteiger partial charge in [0.05, 0.1) is 18.7 Å². The number of hydrogen-bond donors (Lipinski definition) is 1. The van der Waals surface area contributed by atoms with Gasteiger partial charge in [0.2, 0.25) is 5.91 Å². The minimum absolute atomic E-state index is 0.105. The molecule has 5 nitrogen and oxygen atoms in total. The molecular weight excluding hydrogens is 390 g/mol. The average molecular weight is 408 g/mol. The number of hydrogen-bond acceptors (Lipinski definition) is 3. The van der Waals surface area contributed by atoms with Crippen LogP contribution in [0, 0.1) is 11.6 Å². The fraction of sp³-hybridized carbons (Fsp3) is 0.130. The lowest BCUT2D eigenvalue weighted by Crippen LogP contribution is -2.38. The SMILES string of the molecule is O=C(Cc1ccc(F)cc1)Nc1ccc2c(c1)OCC(=O)N2Cc1ccc(F)cc1. The molecule has 7 heteroatoms. The zero-order valence-electron chi connectivity index (χ0n) is 15.9. The molecule has 4 rings (SSSR count). The summed E-state index contributed by atoms with van der Waals surface area (Å²) in [5.41, 5.74) is 2.58. The van der Waals surface area contributed by atoms with Crippen molar-refractivity contribution >= 4 is 23.2 Å². The van der Waals surface area contributed by atoms with E-state index in [0.29, 0.717) is 22.7 Å². The number of carbonyl (C=O) groups excluding carboxylic acids is 2. The molecule has 30 heavy (non-hydrogen) atoms. The standard InChI is InChI=1S/C23H18F2N2O3/c24-17-5-1-15(2-6-17)11-22(28)26-19-9-10-20-21(12-19)30-14-23(29)27(20)13-16-3-7-18(25)8-4-16/h1-10,12H,11,13-14H2,(H,26,28). The van der Waals surface area contributed by atoms with Crippen LogP contribution in [0.5, 0.6) is 5.75 Å². The largest absolute Gasteiger partial charge is 0.481 e. The molecule has 1 aliphatic heterocycles. The Morgan fingerprint density at radius 1 is 0.933 bits per heavy atom. The van der Waals surface area contributed by atoms with E-state index in [0.717, 1.165) is 5.56 Å². The van der Waals surface area contributed by atoms with E-state index in [9.17, 15) is 18.4 Å². The quantitative estimate of drug-likeness (QED) is 0.692. The number of nitrogens with one attached hydrogen (secondary N) is 1. The molecule has 152 valence electrons. The summed E-state index contributed by atoms with van der Waals surface area (Å²) in [6.07, 6.45) is 0.105. The minimum atomic E-state index is -0.356. The number of nitrogens with zero attached hydrogens (tertiary/aromatic N) is 1. The fourth-order valence-electron chi connectivity index (χ4n) is 3.22. The van der Waals surface area contributed by atoms with Gasteiger partial charge in [-0.25, -0.2) is 8.78 Å². The van der Waals surface area contributed by atoms with Crippen molar-refractivity contribution in [3.8, 4) is 5.75 Å². The average Bonchev–Trinajstić information content (AvgIpc) is 2.73. The summed E-state index contributed by atoms with van der Waals surface area (Å²) >= 11 is 0. The van der Waals surface area contributed by atoms with Crippen LogP contribution < -0.4 is 15.0 Å². The molecule has 3 aromatic carbocycles. The van der Waals surface area contributed by atoms with Crippen molar-refractivity contribution in [3.05, 3.63) is 89.5 Å². The summed E-state index contributed by atoms with van der Waals surface area (Å²) in [7, 11) is 0. The lowest BCUT2D eigenvalue weighted by atomic mass is 10.1. The maximum Gasteiger partial charge on any atom is 0.265 e. The Morgan fingerprint density at radius 3 is 2.23 bits per heavy atom. The van der Waals surface area contributed by atoms with Crippen LogP contribution in [-0.2, 0) is 22.6 Å². The van der Waals surface area contributed by atoms with E-state index < -0.39 is 0 Å². The predicted octanol–water partition coefficient (Wildman–Crippen LogP) is 4.07. The molecule has 1 aliphatic rings. The van der Waals surface area contributed by atoms with E-state index in [2.05, 4.69) is 5.32 Å². The van der Waals surface area contributed by atoms with E-state index in [1.165, 1.54) is 24.3 Å². The summed E-state index contributed by atoms with van der Waals surface area (Å²) in [5, 5.41) is 2.78. The van der Waals surface area contributed by atoms with Crippen LogP contribution in [0.4, 0.5) is 20.2 Å². The van der Waals surface area contributed by atoms with Gasteiger partial charge in [0.25, 0.3) is 5.91 Å². The van der Waals surface area contributed by atoms with Crippen molar-refractivity contribution in [2.45, 2.75) is 13.0 Å². The monoisotopic (exact) mass is 408 g/mol. The Hall–Kier alpha value is -3.74. The van der Waals surface area contributed by atoms with Crippen molar-refractivity contribution in [1.29, 1.82) is 0 Å². The van der Waals surface area contributed by atoms with Gasteiger partial charge in [0, 0.05) is 11.8 Å². The molecule has 0 radical (unpaired) electrons. The van der Waals surface area contributed by atoms with Crippen LogP contribution in [0.2, 0.25) is 0 Å². The van der Waals surface area contributed by atoms with Gasteiger partial charge in [-0.05, 0) is 47.5 Å². The number of anilines is 2. The predicted molar refractivity (Wildman–Crippen MR) is 108 cm³/mol. The van der Waals surface area contributed by atoms with Gasteiger partial charge in [-0.1, -0.05) is 24.3 Å². The Labute approximate surface area is 171 Å². The second kappa shape index (κ2) is 8.32. The molecule has 0 aromatic heterocycles. The first kappa shape index (κ1) is 19.6. The Morgan fingerprint density at radius 2 is 1.57 bits per heavy atom. The van der Waals surface area contributed by atoms with Crippen LogP contribution in [0.1, 0.15) is 11.1 Å². The molecule has 0 unspecified atom stereocenters. The highest BCUT2D eigenvalue weighted by molar-refractivity contribution is 5.99. The van der Waals surface area contributed by atoms with Crippen LogP contribution in [0.3, 0.4) is 0 Å². The third-order valence-corrected chi connectivity index (χ3v) is 4.72. The molecule has 0 saturated carbocycles. The van der Waals surface area contributed by atoms with Gasteiger partial charge in [0.15, 0.2) is 6.61 Å². The molecule has 2 amide bonds. The van der Waals surface area contributed by atoms with Crippen molar-refractivity contribution in [2.24, 2.45) is 0 Å². The highest BCUT2D eigenvalue weighted by Crippen LogP contribution is 2.35. The topological polar surface area (TPSA) is 58.6 Å². The molecule has 0 fully saturated rings. The number of amides is 2. The second-order valence-corrected chi connectivity index (χ2v) is 6.93. The zero-order chi connectivity index (χ0) is 21.1. The molecule has 0 spiro atoms. The number of benzene rings is 3. The maximum absolute atomic E-state index is 13.1. The Balaban J connectivity index is 1.48. The third-order valence-electron chi connectivity index (χ3n) is 4.72. The number of ether oxygens (including phenoxy) is 1. The lowest BCUT2D eigenvalue weighted by molar-refractivity contribution is -0.121. The van der Waals surface area contributed by atoms with E-state index in [1.54, 1.807) is 47.4 Å².